The van der Waals surface area contributed by atoms with Gasteiger partial charge in [0.15, 0.2) is 3.95 Å². The number of nitrogens with two attached hydrogens (primary N) is 1. The molecule has 0 aliphatic carbocycles. The van der Waals surface area contributed by atoms with Crippen molar-refractivity contribution in [2.45, 2.75) is 6.92 Å². The van der Waals surface area contributed by atoms with Crippen molar-refractivity contribution in [3.05, 3.63) is 45.8 Å². The maximum atomic E-state index is 12.1. The smallest absolute Gasteiger partial charge is 0.265 e. The molecular weight excluding hydrogens is 318 g/mol. The normalized spacial score (nSPS) is 10.2. The van der Waals surface area contributed by atoms with Crippen LogP contribution in [0.25, 0.3) is 5.69 Å². The Morgan fingerprint density at radius 2 is 2.18 bits per heavy atom. The lowest BCUT2D eigenvalue weighted by Gasteiger charge is -2.08. The van der Waals surface area contributed by atoms with Crippen LogP contribution >= 0.6 is 23.6 Å². The molecule has 0 unspecified atom stereocenters. The Balaban J connectivity index is 2.35. The molecule has 1 heterocycles. The third-order valence-corrected chi connectivity index (χ3v) is 4.25. The van der Waals surface area contributed by atoms with E-state index in [0.717, 1.165) is 11.4 Å². The van der Waals surface area contributed by atoms with E-state index in [2.05, 4.69) is 11.9 Å². The third kappa shape index (κ3) is 3.37. The van der Waals surface area contributed by atoms with Gasteiger partial charge < -0.3 is 15.8 Å². The number of carbonyl (C=O) groups is 1. The summed E-state index contributed by atoms with van der Waals surface area (Å²) in [6.07, 6.45) is 1.61. The van der Waals surface area contributed by atoms with E-state index < -0.39 is 0 Å². The molecular formula is C15H17N3O2S2. The number of nitrogens with one attached hydrogen (secondary N) is 1. The van der Waals surface area contributed by atoms with E-state index in [1.165, 1.54) is 11.3 Å². The van der Waals surface area contributed by atoms with Gasteiger partial charge in [0.2, 0.25) is 0 Å². The average molecular weight is 335 g/mol. The van der Waals surface area contributed by atoms with Gasteiger partial charge in [0.05, 0.1) is 6.61 Å². The standard InChI is InChI=1S/C15H17N3O2S2/c1-3-9-17-14(19)12-13(16)18(15(21)22-12)10-5-7-11(8-6-10)20-4-2/h3,5-8H,1,4,9,16H2,2H3,(H,17,19). The van der Waals surface area contributed by atoms with Crippen LogP contribution in [0.5, 0.6) is 5.75 Å². The first-order valence-electron chi connectivity index (χ1n) is 6.72. The van der Waals surface area contributed by atoms with Crippen LogP contribution in [0.4, 0.5) is 5.82 Å². The molecule has 0 fully saturated rings. The summed E-state index contributed by atoms with van der Waals surface area (Å²) in [5, 5.41) is 2.70. The Labute approximate surface area is 138 Å². The van der Waals surface area contributed by atoms with Gasteiger partial charge in [-0.25, -0.2) is 0 Å². The Kier molecular flexibility index (Phi) is 5.35. The van der Waals surface area contributed by atoms with Gasteiger partial charge in [-0.3, -0.25) is 9.36 Å². The second-order valence-electron chi connectivity index (χ2n) is 4.34. The molecule has 0 atom stereocenters. The predicted molar refractivity (Wildman–Crippen MR) is 92.6 cm³/mol. The van der Waals surface area contributed by atoms with Crippen LogP contribution in [0.3, 0.4) is 0 Å². The van der Waals surface area contributed by atoms with Crippen LogP contribution < -0.4 is 15.8 Å². The first-order chi connectivity index (χ1) is 10.6. The number of rotatable bonds is 6. The van der Waals surface area contributed by atoms with E-state index >= 15 is 0 Å². The number of carbonyl (C=O) groups excluding carboxylic acids is 1. The Bertz CT molecular complexity index is 732. The summed E-state index contributed by atoms with van der Waals surface area (Å²) in [4.78, 5) is 12.5. The van der Waals surface area contributed by atoms with Crippen molar-refractivity contribution in [1.29, 1.82) is 0 Å². The van der Waals surface area contributed by atoms with Crippen molar-refractivity contribution in [3.63, 3.8) is 0 Å². The lowest BCUT2D eigenvalue weighted by Crippen LogP contribution is -2.23. The molecule has 0 radical (unpaired) electrons. The molecule has 5 nitrogen and oxygen atoms in total. The highest BCUT2D eigenvalue weighted by Crippen LogP contribution is 2.27. The molecule has 3 N–H and O–H groups in total. The monoisotopic (exact) mass is 335 g/mol. The number of amides is 1. The highest BCUT2D eigenvalue weighted by Gasteiger charge is 2.17. The van der Waals surface area contributed by atoms with Gasteiger partial charge in [0.25, 0.3) is 5.91 Å². The maximum Gasteiger partial charge on any atom is 0.265 e. The van der Waals surface area contributed by atoms with Crippen LogP contribution in [-0.2, 0) is 0 Å². The summed E-state index contributed by atoms with van der Waals surface area (Å²) in [7, 11) is 0. The Hall–Kier alpha value is -2.12. The van der Waals surface area contributed by atoms with Crippen molar-refractivity contribution in [3.8, 4) is 11.4 Å². The lowest BCUT2D eigenvalue weighted by atomic mass is 10.3. The second kappa shape index (κ2) is 7.24. The van der Waals surface area contributed by atoms with Gasteiger partial charge in [-0.05, 0) is 43.4 Å². The van der Waals surface area contributed by atoms with Crippen molar-refractivity contribution < 1.29 is 9.53 Å². The van der Waals surface area contributed by atoms with E-state index in [-0.39, 0.29) is 5.91 Å². The second-order valence-corrected chi connectivity index (χ2v) is 5.99. The minimum Gasteiger partial charge on any atom is -0.494 e. The summed E-state index contributed by atoms with van der Waals surface area (Å²) in [6.45, 7) is 6.47. The molecule has 0 saturated carbocycles. The van der Waals surface area contributed by atoms with Gasteiger partial charge in [0, 0.05) is 12.2 Å². The van der Waals surface area contributed by atoms with Crippen LogP contribution in [0, 0.1) is 3.95 Å². The number of hydrogen-bond acceptors (Lipinski definition) is 5. The van der Waals surface area contributed by atoms with Crippen LogP contribution in [0.15, 0.2) is 36.9 Å². The summed E-state index contributed by atoms with van der Waals surface area (Å²) in [6, 6.07) is 7.40. The molecule has 0 spiro atoms. The van der Waals surface area contributed by atoms with E-state index in [4.69, 9.17) is 22.7 Å². The molecule has 0 aliphatic heterocycles. The van der Waals surface area contributed by atoms with Crippen LogP contribution in [-0.4, -0.2) is 23.6 Å². The zero-order valence-corrected chi connectivity index (χ0v) is 13.8. The summed E-state index contributed by atoms with van der Waals surface area (Å²) < 4.78 is 7.61. The van der Waals surface area contributed by atoms with Crippen molar-refractivity contribution >= 4 is 35.3 Å². The zero-order valence-electron chi connectivity index (χ0n) is 12.2. The first kappa shape index (κ1) is 16.3. The molecule has 2 rings (SSSR count). The maximum absolute atomic E-state index is 12.1. The highest BCUT2D eigenvalue weighted by atomic mass is 32.1. The summed E-state index contributed by atoms with van der Waals surface area (Å²) >= 11 is 6.51. The molecule has 2 aromatic rings. The third-order valence-electron chi connectivity index (χ3n) is 2.86. The fourth-order valence-electron chi connectivity index (χ4n) is 1.90. The zero-order chi connectivity index (χ0) is 16.1. The van der Waals surface area contributed by atoms with E-state index in [1.54, 1.807) is 10.6 Å². The molecule has 1 aromatic heterocycles. The first-order valence-corrected chi connectivity index (χ1v) is 7.94. The van der Waals surface area contributed by atoms with Crippen molar-refractivity contribution in [1.82, 2.24) is 9.88 Å². The Morgan fingerprint density at radius 3 is 2.77 bits per heavy atom. The van der Waals surface area contributed by atoms with E-state index in [9.17, 15) is 4.79 Å². The largest absolute Gasteiger partial charge is 0.494 e. The van der Waals surface area contributed by atoms with Crippen molar-refractivity contribution in [2.75, 3.05) is 18.9 Å². The molecule has 1 amide bonds. The van der Waals surface area contributed by atoms with Gasteiger partial charge in [0.1, 0.15) is 16.4 Å². The van der Waals surface area contributed by atoms with Gasteiger partial charge in [-0.2, -0.15) is 0 Å². The number of nitrogen functional groups attached to an aromatic ring is 1. The van der Waals surface area contributed by atoms with E-state index in [0.29, 0.717) is 27.8 Å². The molecule has 0 aliphatic rings. The number of aromatic nitrogens is 1. The number of hydrogen-bond donors (Lipinski definition) is 2. The molecule has 7 heteroatoms. The molecule has 22 heavy (non-hydrogen) atoms. The molecule has 1 aromatic carbocycles. The minimum atomic E-state index is -0.252. The van der Waals surface area contributed by atoms with Crippen LogP contribution in [0.2, 0.25) is 0 Å². The Morgan fingerprint density at radius 1 is 1.50 bits per heavy atom. The van der Waals surface area contributed by atoms with Gasteiger partial charge in [-0.15, -0.1) is 6.58 Å². The summed E-state index contributed by atoms with van der Waals surface area (Å²) in [5.41, 5.74) is 6.89. The minimum absolute atomic E-state index is 0.252. The predicted octanol–water partition coefficient (Wildman–Crippen LogP) is 3.16. The summed E-state index contributed by atoms with van der Waals surface area (Å²) in [5.74, 6) is 0.856. The number of anilines is 1. The molecule has 0 saturated heterocycles. The number of nitrogens with zero attached hydrogens (tertiary/aromatic N) is 1. The molecule has 116 valence electrons. The fourth-order valence-corrected chi connectivity index (χ4v) is 3.18. The number of benzene rings is 1. The topological polar surface area (TPSA) is 69.3 Å². The SMILES string of the molecule is C=CCNC(=O)c1sc(=S)n(-c2ccc(OCC)cc2)c1N. The lowest BCUT2D eigenvalue weighted by molar-refractivity contribution is 0.0962. The fraction of sp³-hybridized carbons (Fsp3) is 0.200. The van der Waals surface area contributed by atoms with E-state index in [1.807, 2.05) is 31.2 Å². The highest BCUT2D eigenvalue weighted by molar-refractivity contribution is 7.73. The quantitative estimate of drug-likeness (QED) is 0.628. The van der Waals surface area contributed by atoms with Gasteiger partial charge in [-0.1, -0.05) is 17.4 Å². The number of ether oxygens (including phenoxy) is 1. The average Bonchev–Trinajstić information content (AvgIpc) is 2.81. The number of thiazole rings is 1. The van der Waals surface area contributed by atoms with Crippen LogP contribution in [0.1, 0.15) is 16.6 Å². The van der Waals surface area contributed by atoms with Crippen molar-refractivity contribution in [2.24, 2.45) is 0 Å². The van der Waals surface area contributed by atoms with Gasteiger partial charge >= 0.3 is 0 Å². The molecule has 0 bridgehead atoms.